The van der Waals surface area contributed by atoms with Crippen LogP contribution in [-0.2, 0) is 20.7 Å². The van der Waals surface area contributed by atoms with Crippen LogP contribution in [0.3, 0.4) is 0 Å². The smallest absolute Gasteiger partial charge is 0.202 e. The number of hydrogen-bond acceptors (Lipinski definition) is 12. The summed E-state index contributed by atoms with van der Waals surface area (Å²) in [5.41, 5.74) is -2.62. The van der Waals surface area contributed by atoms with Crippen molar-refractivity contribution >= 4 is 23.7 Å². The fourth-order valence-electron chi connectivity index (χ4n) is 7.10. The highest BCUT2D eigenvalue weighted by Gasteiger charge is 2.50. The van der Waals surface area contributed by atoms with Gasteiger partial charge in [-0.05, 0) is 25.5 Å². The summed E-state index contributed by atoms with van der Waals surface area (Å²) in [4.78, 5) is 47.1. The lowest BCUT2D eigenvalue weighted by molar-refractivity contribution is -0.247. The van der Waals surface area contributed by atoms with Gasteiger partial charge in [0.25, 0.3) is 0 Å². The van der Waals surface area contributed by atoms with E-state index in [2.05, 4.69) is 4.99 Å². The Hall–Kier alpha value is -4.66. The van der Waals surface area contributed by atoms with Gasteiger partial charge < -0.3 is 44.6 Å². The van der Waals surface area contributed by atoms with Gasteiger partial charge in [0, 0.05) is 43.0 Å². The minimum absolute atomic E-state index is 0.0213. The number of methoxy groups -OCH3 is 1. The predicted molar refractivity (Wildman–Crippen MR) is 179 cm³/mol. The van der Waals surface area contributed by atoms with Crippen LogP contribution < -0.4 is 4.74 Å². The molecule has 264 valence electrons. The Morgan fingerprint density at radius 1 is 1.08 bits per heavy atom. The van der Waals surface area contributed by atoms with E-state index in [9.17, 15) is 39.9 Å². The van der Waals surface area contributed by atoms with Crippen molar-refractivity contribution in [2.75, 3.05) is 20.8 Å². The number of rotatable bonds is 9. The Bertz CT molecular complexity index is 1860. The van der Waals surface area contributed by atoms with Crippen LogP contribution in [0.2, 0.25) is 0 Å². The molecule has 3 aliphatic rings. The Kier molecular flexibility index (Phi) is 9.55. The van der Waals surface area contributed by atoms with Crippen LogP contribution >= 0.6 is 0 Å². The largest absolute Gasteiger partial charge is 0.507 e. The molecule has 7 atom stereocenters. The summed E-state index contributed by atoms with van der Waals surface area (Å²) in [6.45, 7) is 2.61. The molecule has 1 fully saturated rings. The van der Waals surface area contributed by atoms with Crippen molar-refractivity contribution in [2.45, 2.75) is 75.4 Å². The van der Waals surface area contributed by atoms with E-state index in [1.807, 2.05) is 49.2 Å². The highest BCUT2D eigenvalue weighted by atomic mass is 16.7. The molecule has 0 aromatic heterocycles. The molecule has 1 saturated heterocycles. The van der Waals surface area contributed by atoms with Crippen LogP contribution in [0.1, 0.15) is 87.4 Å². The zero-order valence-electron chi connectivity index (χ0n) is 28.1. The second-order valence-electron chi connectivity index (χ2n) is 13.1. The van der Waals surface area contributed by atoms with Gasteiger partial charge in [-0.1, -0.05) is 42.5 Å². The quantitative estimate of drug-likeness (QED) is 0.0982. The number of aliphatic imine (C=N–C) groups is 1. The lowest BCUT2D eigenvalue weighted by Gasteiger charge is -2.42. The van der Waals surface area contributed by atoms with Crippen LogP contribution in [0.25, 0.3) is 0 Å². The van der Waals surface area contributed by atoms with Crippen LogP contribution in [0.15, 0.2) is 53.5 Å². The summed E-state index contributed by atoms with van der Waals surface area (Å²) >= 11 is 0. The van der Waals surface area contributed by atoms with Crippen LogP contribution in [0.4, 0.5) is 0 Å². The Morgan fingerprint density at radius 3 is 2.46 bits per heavy atom. The van der Waals surface area contributed by atoms with Gasteiger partial charge in [0.1, 0.15) is 35.6 Å². The lowest BCUT2D eigenvalue weighted by atomic mass is 9.72. The average Bonchev–Trinajstić information content (AvgIpc) is 3.11. The van der Waals surface area contributed by atoms with Gasteiger partial charge in [-0.15, -0.1) is 0 Å². The van der Waals surface area contributed by atoms with Crippen molar-refractivity contribution in [3.8, 4) is 17.2 Å². The summed E-state index contributed by atoms with van der Waals surface area (Å²) in [6.07, 6.45) is -3.70. The third-order valence-electron chi connectivity index (χ3n) is 10.1. The zero-order chi connectivity index (χ0) is 36.1. The maximum absolute atomic E-state index is 13.9. The van der Waals surface area contributed by atoms with E-state index >= 15 is 0 Å². The second kappa shape index (κ2) is 13.6. The van der Waals surface area contributed by atoms with Gasteiger partial charge in [0.15, 0.2) is 17.9 Å². The molecule has 0 radical (unpaired) electrons. The molecule has 0 bridgehead atoms. The molecule has 3 aromatic rings. The van der Waals surface area contributed by atoms with Gasteiger partial charge in [-0.3, -0.25) is 19.4 Å². The van der Waals surface area contributed by atoms with Crippen molar-refractivity contribution in [1.29, 1.82) is 0 Å². The maximum atomic E-state index is 13.9. The number of benzene rings is 3. The number of nitrogens with zero attached hydrogens (tertiary/aromatic N) is 2. The number of aliphatic hydroxyl groups is 3. The molecule has 2 aliphatic carbocycles. The fraction of sp³-hybridized carbons (Fsp3) is 0.405. The molecule has 0 saturated carbocycles. The van der Waals surface area contributed by atoms with E-state index in [0.29, 0.717) is 0 Å². The van der Waals surface area contributed by atoms with Gasteiger partial charge in [-0.25, -0.2) is 0 Å². The number of fused-ring (bicyclic) bond motifs is 3. The summed E-state index contributed by atoms with van der Waals surface area (Å²) < 4.78 is 17.6. The molecular weight excluding hydrogens is 648 g/mol. The number of aromatic hydroxyl groups is 2. The summed E-state index contributed by atoms with van der Waals surface area (Å²) in [5.74, 6) is -3.79. The number of carbonyl (C=O) groups is 3. The number of hydrogen-bond donors (Lipinski definition) is 5. The molecule has 50 heavy (non-hydrogen) atoms. The number of aliphatic hydroxyl groups excluding tert-OH is 2. The normalized spacial score (nSPS) is 26.6. The minimum Gasteiger partial charge on any atom is -0.507 e. The molecule has 13 heteroatoms. The summed E-state index contributed by atoms with van der Waals surface area (Å²) in [7, 11) is 3.19. The van der Waals surface area contributed by atoms with Crippen molar-refractivity contribution in [2.24, 2.45) is 4.99 Å². The maximum Gasteiger partial charge on any atom is 0.202 e. The topological polar surface area (TPSA) is 196 Å². The van der Waals surface area contributed by atoms with Crippen molar-refractivity contribution in [1.82, 2.24) is 4.90 Å². The Balaban J connectivity index is 1.37. The molecule has 0 amide bonds. The summed E-state index contributed by atoms with van der Waals surface area (Å²) in [6, 6.07) is 13.5. The number of ketones is 3. The van der Waals surface area contributed by atoms with Crippen LogP contribution in [0.5, 0.6) is 17.2 Å². The van der Waals surface area contributed by atoms with Crippen molar-refractivity contribution in [3.63, 3.8) is 0 Å². The fourth-order valence-corrected chi connectivity index (χ4v) is 7.10. The van der Waals surface area contributed by atoms with E-state index in [1.165, 1.54) is 25.3 Å². The molecular formula is C37H40N2O11. The van der Waals surface area contributed by atoms with Gasteiger partial charge in [-0.2, -0.15) is 0 Å². The monoisotopic (exact) mass is 688 g/mol. The molecule has 1 aliphatic heterocycles. The number of Topliss-reactive ketones (excluding diaryl/α,β-unsaturated/α-hetero) is 1. The first-order chi connectivity index (χ1) is 23.8. The zero-order valence-corrected chi connectivity index (χ0v) is 28.1. The van der Waals surface area contributed by atoms with Gasteiger partial charge in [0.2, 0.25) is 5.78 Å². The lowest BCUT2D eigenvalue weighted by Crippen LogP contribution is -2.50. The average molecular weight is 689 g/mol. The molecule has 0 spiro atoms. The van der Waals surface area contributed by atoms with E-state index in [0.717, 1.165) is 5.56 Å². The first-order valence-corrected chi connectivity index (χ1v) is 16.3. The third kappa shape index (κ3) is 5.94. The first kappa shape index (κ1) is 35.2. The van der Waals surface area contributed by atoms with E-state index < -0.39 is 95.7 Å². The Morgan fingerprint density at radius 2 is 1.78 bits per heavy atom. The molecule has 5 N–H and O–H groups in total. The number of carbonyl (C=O) groups excluding carboxylic acids is 3. The van der Waals surface area contributed by atoms with E-state index in [4.69, 9.17) is 14.2 Å². The highest BCUT2D eigenvalue weighted by molar-refractivity contribution is 6.31. The van der Waals surface area contributed by atoms with Crippen molar-refractivity contribution < 1.29 is 54.1 Å². The van der Waals surface area contributed by atoms with Gasteiger partial charge >= 0.3 is 0 Å². The van der Waals surface area contributed by atoms with Crippen LogP contribution in [-0.4, -0.2) is 105 Å². The SMILES string of the molecule is COc1cccc2c1C(=O)c1c(O)c3c(c(O)c1C2=O)CC(O)(C(=O)CO)C[C@@H]3OC1CC(N=CN(C)C(C)c2ccccc2)C(O)C(C)O1. The molecule has 3 aromatic carbocycles. The molecule has 1 heterocycles. The molecule has 13 nitrogen and oxygen atoms in total. The third-order valence-corrected chi connectivity index (χ3v) is 10.1. The molecule has 6 rings (SSSR count). The van der Waals surface area contributed by atoms with Crippen molar-refractivity contribution in [3.05, 3.63) is 87.5 Å². The van der Waals surface area contributed by atoms with E-state index in [-0.39, 0.29) is 40.5 Å². The van der Waals surface area contributed by atoms with E-state index in [1.54, 1.807) is 13.3 Å². The summed E-state index contributed by atoms with van der Waals surface area (Å²) in [5, 5.41) is 55.6. The number of phenolic OH excluding ortho intramolecular Hbond substituents is 2. The van der Waals surface area contributed by atoms with Gasteiger partial charge in [0.05, 0.1) is 54.4 Å². The second-order valence-corrected chi connectivity index (χ2v) is 13.1. The Labute approximate surface area is 288 Å². The molecule has 6 unspecified atom stereocenters. The number of phenols is 2. The first-order valence-electron chi connectivity index (χ1n) is 16.3. The number of ether oxygens (including phenoxy) is 3. The standard InChI is InChI=1S/C37H40N2O11/c1-18(20-9-6-5-7-10-20)39(3)17-38-23-13-27(49-19(2)32(23)42)50-25-15-37(47,26(41)16-40)14-22-29(25)36(46)31-30(34(22)44)33(43)21-11-8-12-24(48-4)28(21)35(31)45/h5-12,17-19,23,25,27,32,40,42,44,46-47H,13-16H2,1-4H3/t18?,19?,23?,25-,27?,32?,37?/m0/s1. The minimum atomic E-state index is -2.28. The predicted octanol–water partition coefficient (Wildman–Crippen LogP) is 2.76. The van der Waals surface area contributed by atoms with Crippen LogP contribution in [0, 0.1) is 0 Å². The highest BCUT2D eigenvalue weighted by Crippen LogP contribution is 2.52.